The molecule has 0 saturated carbocycles. The Labute approximate surface area is 165 Å². The molecular weight excluding hydrogens is 352 g/mol. The zero-order valence-corrected chi connectivity index (χ0v) is 16.6. The molecule has 1 atom stereocenters. The molecule has 1 aromatic heterocycles. The van der Waals surface area contributed by atoms with Crippen molar-refractivity contribution in [1.82, 2.24) is 9.88 Å². The van der Waals surface area contributed by atoms with Crippen LogP contribution in [0.4, 0.5) is 0 Å². The predicted octanol–water partition coefficient (Wildman–Crippen LogP) is 5.00. The molecule has 5 heteroatoms. The van der Waals surface area contributed by atoms with E-state index in [0.29, 0.717) is 11.9 Å². The third kappa shape index (κ3) is 3.76. The van der Waals surface area contributed by atoms with E-state index in [2.05, 4.69) is 30.0 Å². The normalized spacial score (nSPS) is 17.0. The summed E-state index contributed by atoms with van der Waals surface area (Å²) >= 11 is 0. The van der Waals surface area contributed by atoms with Gasteiger partial charge in [-0.3, -0.25) is 4.90 Å². The average Bonchev–Trinajstić information content (AvgIpc) is 3.38. The lowest BCUT2D eigenvalue weighted by Gasteiger charge is -2.25. The molecular formula is C23H26N2O3. The Morgan fingerprint density at radius 1 is 1.11 bits per heavy atom. The second kappa shape index (κ2) is 8.07. The maximum Gasteiger partial charge on any atom is 0.226 e. The van der Waals surface area contributed by atoms with Crippen LogP contribution in [0.5, 0.6) is 11.5 Å². The molecule has 1 saturated heterocycles. The van der Waals surface area contributed by atoms with Gasteiger partial charge in [0.1, 0.15) is 17.8 Å². The molecule has 2 heterocycles. The topological polar surface area (TPSA) is 47.7 Å². The Kier molecular flexibility index (Phi) is 5.35. The first-order valence-electron chi connectivity index (χ1n) is 9.65. The molecule has 0 N–H and O–H groups in total. The molecule has 28 heavy (non-hydrogen) atoms. The number of aryl methyl sites for hydroxylation is 1. The molecule has 0 radical (unpaired) electrons. The summed E-state index contributed by atoms with van der Waals surface area (Å²) in [6.07, 6.45) is 4.03. The molecule has 0 aliphatic carbocycles. The monoisotopic (exact) mass is 378 g/mol. The fourth-order valence-electron chi connectivity index (χ4n) is 3.88. The van der Waals surface area contributed by atoms with Crippen molar-refractivity contribution in [1.29, 1.82) is 0 Å². The van der Waals surface area contributed by atoms with Gasteiger partial charge in [-0.25, -0.2) is 4.98 Å². The summed E-state index contributed by atoms with van der Waals surface area (Å²) in [4.78, 5) is 7.16. The number of hydrogen-bond donors (Lipinski definition) is 0. The van der Waals surface area contributed by atoms with Crippen LogP contribution in [-0.2, 0) is 6.54 Å². The molecule has 0 amide bonds. The molecule has 146 valence electrons. The van der Waals surface area contributed by atoms with E-state index in [1.807, 2.05) is 24.3 Å². The summed E-state index contributed by atoms with van der Waals surface area (Å²) in [6.45, 7) is 3.87. The van der Waals surface area contributed by atoms with Crippen molar-refractivity contribution >= 4 is 0 Å². The zero-order chi connectivity index (χ0) is 19.5. The number of hydrogen-bond acceptors (Lipinski definition) is 5. The average molecular weight is 378 g/mol. The van der Waals surface area contributed by atoms with E-state index >= 15 is 0 Å². The smallest absolute Gasteiger partial charge is 0.226 e. The van der Waals surface area contributed by atoms with Gasteiger partial charge < -0.3 is 13.9 Å². The Morgan fingerprint density at radius 3 is 2.68 bits per heavy atom. The number of benzene rings is 2. The number of oxazole rings is 1. The van der Waals surface area contributed by atoms with Crippen molar-refractivity contribution < 1.29 is 13.9 Å². The van der Waals surface area contributed by atoms with Gasteiger partial charge in [-0.05, 0) is 44.5 Å². The highest BCUT2D eigenvalue weighted by Gasteiger charge is 2.29. The third-order valence-corrected chi connectivity index (χ3v) is 5.38. The first kappa shape index (κ1) is 18.6. The van der Waals surface area contributed by atoms with Crippen LogP contribution in [0.15, 0.2) is 53.1 Å². The zero-order valence-electron chi connectivity index (χ0n) is 16.6. The second-order valence-corrected chi connectivity index (χ2v) is 7.25. The Morgan fingerprint density at radius 2 is 1.93 bits per heavy atom. The van der Waals surface area contributed by atoms with Crippen LogP contribution in [-0.4, -0.2) is 30.6 Å². The molecule has 1 fully saturated rings. The standard InChI is InChI=1S/C23H26N2O3/c1-16-6-8-17(9-7-16)23-24-18(15-28-23)14-25-12-4-5-21(25)20-11-10-19(26-2)13-22(20)27-3/h6-11,13,15,21H,4-5,12,14H2,1-3H3. The molecule has 5 nitrogen and oxygen atoms in total. The lowest BCUT2D eigenvalue weighted by Crippen LogP contribution is -2.23. The SMILES string of the molecule is COc1ccc(C2CCCN2Cc2coc(-c3ccc(C)cc3)n2)c(OC)c1. The lowest BCUT2D eigenvalue weighted by atomic mass is 10.0. The summed E-state index contributed by atoms with van der Waals surface area (Å²) < 4.78 is 16.7. The van der Waals surface area contributed by atoms with Crippen LogP contribution >= 0.6 is 0 Å². The summed E-state index contributed by atoms with van der Waals surface area (Å²) in [6, 6.07) is 14.6. The van der Waals surface area contributed by atoms with Crippen molar-refractivity contribution in [2.75, 3.05) is 20.8 Å². The van der Waals surface area contributed by atoms with Gasteiger partial charge in [0, 0.05) is 29.8 Å². The van der Waals surface area contributed by atoms with Crippen LogP contribution in [0.1, 0.15) is 35.7 Å². The summed E-state index contributed by atoms with van der Waals surface area (Å²) in [5, 5.41) is 0. The molecule has 4 rings (SSSR count). The molecule has 1 unspecified atom stereocenters. The van der Waals surface area contributed by atoms with Gasteiger partial charge in [0.25, 0.3) is 0 Å². The van der Waals surface area contributed by atoms with Gasteiger partial charge in [-0.2, -0.15) is 0 Å². The van der Waals surface area contributed by atoms with Crippen LogP contribution in [0.3, 0.4) is 0 Å². The van der Waals surface area contributed by atoms with Gasteiger partial charge in [0.15, 0.2) is 0 Å². The van der Waals surface area contributed by atoms with Crippen molar-refractivity contribution in [3.8, 4) is 23.0 Å². The molecule has 1 aliphatic heterocycles. The number of methoxy groups -OCH3 is 2. The van der Waals surface area contributed by atoms with E-state index in [4.69, 9.17) is 18.9 Å². The molecule has 0 bridgehead atoms. The van der Waals surface area contributed by atoms with Crippen molar-refractivity contribution in [2.24, 2.45) is 0 Å². The second-order valence-electron chi connectivity index (χ2n) is 7.25. The van der Waals surface area contributed by atoms with E-state index in [1.54, 1.807) is 20.5 Å². The highest BCUT2D eigenvalue weighted by Crippen LogP contribution is 2.39. The van der Waals surface area contributed by atoms with Gasteiger partial charge in [-0.1, -0.05) is 23.8 Å². The summed E-state index contributed by atoms with van der Waals surface area (Å²) in [7, 11) is 3.38. The Balaban J connectivity index is 1.53. The summed E-state index contributed by atoms with van der Waals surface area (Å²) in [5.41, 5.74) is 4.38. The van der Waals surface area contributed by atoms with E-state index in [9.17, 15) is 0 Å². The number of likely N-dealkylation sites (tertiary alicyclic amines) is 1. The van der Waals surface area contributed by atoms with Gasteiger partial charge in [-0.15, -0.1) is 0 Å². The fourth-order valence-corrected chi connectivity index (χ4v) is 3.88. The minimum absolute atomic E-state index is 0.306. The highest BCUT2D eigenvalue weighted by atomic mass is 16.5. The van der Waals surface area contributed by atoms with E-state index in [-0.39, 0.29) is 0 Å². The Bertz CT molecular complexity index is 933. The quantitative estimate of drug-likeness (QED) is 0.604. The van der Waals surface area contributed by atoms with Crippen LogP contribution in [0, 0.1) is 6.92 Å². The van der Waals surface area contributed by atoms with Crippen LogP contribution in [0.2, 0.25) is 0 Å². The number of rotatable bonds is 6. The first-order chi connectivity index (χ1) is 13.7. The largest absolute Gasteiger partial charge is 0.497 e. The maximum absolute atomic E-state index is 5.74. The molecule has 0 spiro atoms. The lowest BCUT2D eigenvalue weighted by molar-refractivity contribution is 0.240. The number of nitrogens with zero attached hydrogens (tertiary/aromatic N) is 2. The maximum atomic E-state index is 5.74. The van der Waals surface area contributed by atoms with Crippen molar-refractivity contribution in [2.45, 2.75) is 32.4 Å². The van der Waals surface area contributed by atoms with Crippen LogP contribution in [0.25, 0.3) is 11.5 Å². The van der Waals surface area contributed by atoms with Crippen molar-refractivity contribution in [3.63, 3.8) is 0 Å². The number of ether oxygens (including phenoxy) is 2. The van der Waals surface area contributed by atoms with Crippen molar-refractivity contribution in [3.05, 3.63) is 65.5 Å². The molecule has 3 aromatic rings. The van der Waals surface area contributed by atoms with Gasteiger partial charge >= 0.3 is 0 Å². The minimum atomic E-state index is 0.306. The molecule has 2 aromatic carbocycles. The Hall–Kier alpha value is -2.79. The summed E-state index contributed by atoms with van der Waals surface area (Å²) in [5.74, 6) is 2.36. The fraction of sp³-hybridized carbons (Fsp3) is 0.348. The molecule has 1 aliphatic rings. The third-order valence-electron chi connectivity index (χ3n) is 5.38. The first-order valence-corrected chi connectivity index (χ1v) is 9.65. The van der Waals surface area contributed by atoms with E-state index in [1.165, 1.54) is 11.1 Å². The minimum Gasteiger partial charge on any atom is -0.497 e. The van der Waals surface area contributed by atoms with Gasteiger partial charge in [0.2, 0.25) is 5.89 Å². The number of aromatic nitrogens is 1. The van der Waals surface area contributed by atoms with Gasteiger partial charge in [0.05, 0.1) is 19.9 Å². The van der Waals surface area contributed by atoms with E-state index in [0.717, 1.165) is 48.7 Å². The van der Waals surface area contributed by atoms with E-state index < -0.39 is 0 Å². The predicted molar refractivity (Wildman–Crippen MR) is 109 cm³/mol. The van der Waals surface area contributed by atoms with Crippen LogP contribution < -0.4 is 9.47 Å². The highest BCUT2D eigenvalue weighted by molar-refractivity contribution is 5.53.